The molecule has 0 radical (unpaired) electrons. The average Bonchev–Trinajstić information content (AvgIpc) is 2.02. The molecule has 0 aromatic carbocycles. The second-order valence-corrected chi connectivity index (χ2v) is 3.48. The van der Waals surface area contributed by atoms with Crippen LogP contribution in [0.3, 0.4) is 0 Å². The van der Waals surface area contributed by atoms with E-state index in [4.69, 9.17) is 13.9 Å². The Morgan fingerprint density at radius 3 is 1.45 bits per heavy atom. The molecule has 0 rings (SSSR count). The van der Waals surface area contributed by atoms with Gasteiger partial charge in [-0.3, -0.25) is 0 Å². The van der Waals surface area contributed by atoms with Gasteiger partial charge < -0.3 is 13.9 Å². The van der Waals surface area contributed by atoms with Gasteiger partial charge in [0.25, 0.3) is 0 Å². The van der Waals surface area contributed by atoms with Gasteiger partial charge in [-0.1, -0.05) is 0 Å². The largest absolute Gasteiger partial charge is 0.418 e. The van der Waals surface area contributed by atoms with E-state index in [1.165, 1.54) is 0 Å². The third kappa shape index (κ3) is 2.02. The first-order valence-corrected chi connectivity index (χ1v) is 4.40. The van der Waals surface area contributed by atoms with E-state index < -0.39 is 5.79 Å². The first-order valence-electron chi connectivity index (χ1n) is 3.59. The van der Waals surface area contributed by atoms with Gasteiger partial charge in [0, 0.05) is 14.2 Å². The van der Waals surface area contributed by atoms with Crippen LogP contribution in [-0.4, -0.2) is 36.1 Å². The van der Waals surface area contributed by atoms with Crippen LogP contribution in [0.1, 0.15) is 20.8 Å². The van der Waals surface area contributed by atoms with E-state index in [9.17, 15) is 0 Å². The predicted octanol–water partition coefficient (Wildman–Crippen LogP) is 0.0710. The van der Waals surface area contributed by atoms with Gasteiger partial charge in [0.15, 0.2) is 5.79 Å². The summed E-state index contributed by atoms with van der Waals surface area (Å²) in [6, 6.07) is 0. The Labute approximate surface area is 71.6 Å². The molecule has 0 aromatic heterocycles. The minimum atomic E-state index is -0.658. The summed E-state index contributed by atoms with van der Waals surface area (Å²) < 4.78 is 15.8. The lowest BCUT2D eigenvalue weighted by Gasteiger charge is -2.40. The average molecular weight is 178 g/mol. The summed E-state index contributed by atoms with van der Waals surface area (Å²) in [5.74, 6) is -0.658. The van der Waals surface area contributed by atoms with Crippen LogP contribution >= 0.6 is 0 Å². The Morgan fingerprint density at radius 2 is 1.36 bits per heavy atom. The van der Waals surface area contributed by atoms with Gasteiger partial charge in [0.05, 0.1) is 0 Å². The molecule has 0 spiro atoms. The molecule has 4 heteroatoms. The van der Waals surface area contributed by atoms with Crippen molar-refractivity contribution in [1.82, 2.24) is 0 Å². The molecule has 0 aliphatic heterocycles. The maximum Gasteiger partial charge on any atom is 0.192 e. The van der Waals surface area contributed by atoms with Crippen LogP contribution in [0.2, 0.25) is 0 Å². The monoisotopic (exact) mass is 178 g/mol. The van der Waals surface area contributed by atoms with Crippen LogP contribution < -0.4 is 0 Å². The standard InChI is InChI=1S/C7H18O3Si/c1-6(2,10-11)7(3,8-4)9-5/h1-5,11H3. The fourth-order valence-electron chi connectivity index (χ4n) is 0.760. The first-order chi connectivity index (χ1) is 4.93. The molecule has 11 heavy (non-hydrogen) atoms. The number of hydrogen-bond acceptors (Lipinski definition) is 3. The topological polar surface area (TPSA) is 27.7 Å². The van der Waals surface area contributed by atoms with Gasteiger partial charge in [-0.2, -0.15) is 0 Å². The van der Waals surface area contributed by atoms with E-state index >= 15 is 0 Å². The molecule has 0 saturated carbocycles. The molecule has 0 atom stereocenters. The fourth-order valence-corrected chi connectivity index (χ4v) is 1.13. The molecular weight excluding hydrogens is 160 g/mol. The molecule has 0 amide bonds. The molecule has 0 saturated heterocycles. The number of ether oxygens (including phenoxy) is 2. The minimum absolute atomic E-state index is 0.386. The summed E-state index contributed by atoms with van der Waals surface area (Å²) in [4.78, 5) is 0. The third-order valence-electron chi connectivity index (χ3n) is 2.38. The van der Waals surface area contributed by atoms with E-state index in [1.807, 2.05) is 20.8 Å². The maximum atomic E-state index is 5.37. The van der Waals surface area contributed by atoms with E-state index in [2.05, 4.69) is 0 Å². The van der Waals surface area contributed by atoms with Crippen LogP contribution in [-0.2, 0) is 13.9 Å². The zero-order valence-electron chi connectivity index (χ0n) is 8.22. The molecule has 0 fully saturated rings. The molecule has 0 aliphatic rings. The van der Waals surface area contributed by atoms with Crippen molar-refractivity contribution < 1.29 is 13.9 Å². The summed E-state index contributed by atoms with van der Waals surface area (Å²) in [6.45, 7) is 5.77. The lowest BCUT2D eigenvalue weighted by Crippen LogP contribution is -2.52. The molecule has 0 aliphatic carbocycles. The van der Waals surface area contributed by atoms with Crippen LogP contribution in [0.15, 0.2) is 0 Å². The number of rotatable bonds is 4. The molecular formula is C7H18O3Si. The maximum absolute atomic E-state index is 5.37. The lowest BCUT2D eigenvalue weighted by atomic mass is 9.99. The molecule has 3 nitrogen and oxygen atoms in total. The lowest BCUT2D eigenvalue weighted by molar-refractivity contribution is -0.271. The highest BCUT2D eigenvalue weighted by molar-refractivity contribution is 5.98. The number of methoxy groups -OCH3 is 2. The zero-order valence-corrected chi connectivity index (χ0v) is 10.2. The van der Waals surface area contributed by atoms with Crippen molar-refractivity contribution in [2.45, 2.75) is 32.2 Å². The summed E-state index contributed by atoms with van der Waals surface area (Å²) in [5.41, 5.74) is -0.386. The van der Waals surface area contributed by atoms with Crippen molar-refractivity contribution in [3.05, 3.63) is 0 Å². The van der Waals surface area contributed by atoms with Crippen LogP contribution in [0, 0.1) is 0 Å². The highest BCUT2D eigenvalue weighted by Crippen LogP contribution is 2.28. The van der Waals surface area contributed by atoms with Crippen molar-refractivity contribution in [3.8, 4) is 0 Å². The smallest absolute Gasteiger partial charge is 0.192 e. The van der Waals surface area contributed by atoms with Gasteiger partial charge in [-0.15, -0.1) is 0 Å². The summed E-state index contributed by atoms with van der Waals surface area (Å²) in [5, 5.41) is 0. The van der Waals surface area contributed by atoms with Gasteiger partial charge in [0.2, 0.25) is 0 Å². The van der Waals surface area contributed by atoms with E-state index in [1.54, 1.807) is 14.2 Å². The van der Waals surface area contributed by atoms with Crippen LogP contribution in [0.5, 0.6) is 0 Å². The Bertz CT molecular complexity index is 121. The van der Waals surface area contributed by atoms with E-state index in [0.29, 0.717) is 10.5 Å². The molecule has 0 aromatic rings. The van der Waals surface area contributed by atoms with Crippen molar-refractivity contribution in [2.75, 3.05) is 14.2 Å². The normalized spacial score (nSPS) is 13.9. The van der Waals surface area contributed by atoms with Crippen LogP contribution in [0.4, 0.5) is 0 Å². The Hall–Kier alpha value is 0.0969. The van der Waals surface area contributed by atoms with Gasteiger partial charge in [-0.05, 0) is 20.8 Å². The van der Waals surface area contributed by atoms with Crippen molar-refractivity contribution in [3.63, 3.8) is 0 Å². The molecule has 0 heterocycles. The van der Waals surface area contributed by atoms with E-state index in [-0.39, 0.29) is 5.60 Å². The van der Waals surface area contributed by atoms with Crippen molar-refractivity contribution in [1.29, 1.82) is 0 Å². The summed E-state index contributed by atoms with van der Waals surface area (Å²) in [6.07, 6.45) is 0. The number of hydrogen-bond donors (Lipinski definition) is 0. The summed E-state index contributed by atoms with van der Waals surface area (Å²) in [7, 11) is 3.91. The Kier molecular flexibility index (Phi) is 3.70. The summed E-state index contributed by atoms with van der Waals surface area (Å²) >= 11 is 0. The molecule has 0 bridgehead atoms. The van der Waals surface area contributed by atoms with Crippen molar-refractivity contribution >= 4 is 10.5 Å². The highest BCUT2D eigenvalue weighted by atomic mass is 28.2. The van der Waals surface area contributed by atoms with Crippen LogP contribution in [0.25, 0.3) is 0 Å². The van der Waals surface area contributed by atoms with Crippen molar-refractivity contribution in [2.24, 2.45) is 0 Å². The fraction of sp³-hybridized carbons (Fsp3) is 1.00. The van der Waals surface area contributed by atoms with Gasteiger partial charge in [-0.25, -0.2) is 0 Å². The molecule has 0 N–H and O–H groups in total. The minimum Gasteiger partial charge on any atom is -0.418 e. The second-order valence-electron chi connectivity index (χ2n) is 3.07. The Morgan fingerprint density at radius 1 is 1.00 bits per heavy atom. The Balaban J connectivity index is 4.47. The SMILES string of the molecule is COC(C)(OC)C(C)(C)O[SiH3]. The van der Waals surface area contributed by atoms with Gasteiger partial charge in [0.1, 0.15) is 16.1 Å². The molecule has 68 valence electrons. The molecule has 0 unspecified atom stereocenters. The predicted molar refractivity (Wildman–Crippen MR) is 47.5 cm³/mol. The zero-order chi connectivity index (χ0) is 9.12. The highest BCUT2D eigenvalue weighted by Gasteiger charge is 2.41. The quantitative estimate of drug-likeness (QED) is 0.450. The third-order valence-corrected chi connectivity index (χ3v) is 3.40. The second kappa shape index (κ2) is 3.67. The first kappa shape index (κ1) is 11.1. The van der Waals surface area contributed by atoms with Gasteiger partial charge >= 0.3 is 0 Å². The van der Waals surface area contributed by atoms with E-state index in [0.717, 1.165) is 0 Å².